The molecule has 0 saturated carbocycles. The Morgan fingerprint density at radius 1 is 1.28 bits per heavy atom. The minimum absolute atomic E-state index is 0.276. The Bertz CT molecular complexity index is 449. The van der Waals surface area contributed by atoms with E-state index >= 15 is 0 Å². The molecule has 2 bridgehead atoms. The summed E-state index contributed by atoms with van der Waals surface area (Å²) in [5, 5.41) is 8.75. The summed E-state index contributed by atoms with van der Waals surface area (Å²) < 4.78 is 5.93. The van der Waals surface area contributed by atoms with Crippen molar-refractivity contribution in [3.63, 3.8) is 0 Å². The van der Waals surface area contributed by atoms with E-state index in [0.29, 0.717) is 5.69 Å². The monoisotopic (exact) mass is 244 g/mol. The Morgan fingerprint density at radius 3 is 2.56 bits per heavy atom. The molecule has 2 unspecified atom stereocenters. The molecule has 0 radical (unpaired) electrons. The van der Waals surface area contributed by atoms with Gasteiger partial charge < -0.3 is 14.5 Å². The minimum Gasteiger partial charge on any atom is -0.369 e. The molecule has 0 amide bonds. The maximum absolute atomic E-state index is 8.75. The lowest BCUT2D eigenvalue weighted by molar-refractivity contribution is -0.0875. The third-order valence-corrected chi connectivity index (χ3v) is 3.49. The Kier molecular flexibility index (Phi) is 2.90. The Morgan fingerprint density at radius 2 is 2.00 bits per heavy atom. The van der Waals surface area contributed by atoms with Crippen LogP contribution in [0.3, 0.4) is 0 Å². The zero-order chi connectivity index (χ0) is 12.5. The fourth-order valence-corrected chi connectivity index (χ4v) is 2.75. The summed E-state index contributed by atoms with van der Waals surface area (Å²) in [6, 6.07) is 5.78. The third-order valence-electron chi connectivity index (χ3n) is 3.49. The fraction of sp³-hybridized carbons (Fsp3) is 0.538. The van der Waals surface area contributed by atoms with Crippen molar-refractivity contribution in [2.75, 3.05) is 38.1 Å². The van der Waals surface area contributed by atoms with Crippen LogP contribution in [0.5, 0.6) is 0 Å². The molecule has 5 heteroatoms. The third kappa shape index (κ3) is 2.17. The number of ether oxygens (including phenoxy) is 1. The van der Waals surface area contributed by atoms with Gasteiger partial charge in [0.05, 0.1) is 24.1 Å². The summed E-state index contributed by atoms with van der Waals surface area (Å²) in [4.78, 5) is 8.76. The molecule has 5 nitrogen and oxygen atoms in total. The summed E-state index contributed by atoms with van der Waals surface area (Å²) in [5.41, 5.74) is 1.55. The highest BCUT2D eigenvalue weighted by atomic mass is 16.5. The van der Waals surface area contributed by atoms with Crippen molar-refractivity contribution in [1.29, 1.82) is 5.26 Å². The molecule has 2 saturated heterocycles. The van der Waals surface area contributed by atoms with Crippen LogP contribution in [0.4, 0.5) is 5.69 Å². The molecule has 2 aliphatic rings. The average Bonchev–Trinajstić information content (AvgIpc) is 2.37. The molecular formula is C13H16N4O. The number of hydrogen-bond acceptors (Lipinski definition) is 5. The SMILES string of the molecule is CN1CC2CN(c3ccc(C#N)nc3)CC(C1)O2. The molecule has 3 heterocycles. The number of aromatic nitrogens is 1. The van der Waals surface area contributed by atoms with Crippen molar-refractivity contribution in [3.05, 3.63) is 24.0 Å². The van der Waals surface area contributed by atoms with Crippen molar-refractivity contribution >= 4 is 5.69 Å². The number of nitriles is 1. The highest BCUT2D eigenvalue weighted by Crippen LogP contribution is 2.23. The molecule has 0 spiro atoms. The molecule has 1 aromatic heterocycles. The molecular weight excluding hydrogens is 228 g/mol. The van der Waals surface area contributed by atoms with E-state index in [2.05, 4.69) is 21.8 Å². The zero-order valence-corrected chi connectivity index (χ0v) is 10.4. The van der Waals surface area contributed by atoms with Crippen LogP contribution in [0.1, 0.15) is 5.69 Å². The largest absolute Gasteiger partial charge is 0.369 e. The fourth-order valence-electron chi connectivity index (χ4n) is 2.75. The van der Waals surface area contributed by atoms with E-state index in [4.69, 9.17) is 10.00 Å². The number of rotatable bonds is 1. The molecule has 0 aliphatic carbocycles. The topological polar surface area (TPSA) is 52.4 Å². The predicted octanol–water partition coefficient (Wildman–Crippen LogP) is 0.472. The van der Waals surface area contributed by atoms with Gasteiger partial charge in [0.2, 0.25) is 0 Å². The Balaban J connectivity index is 1.75. The van der Waals surface area contributed by atoms with Crippen LogP contribution in [-0.2, 0) is 4.74 Å². The maximum Gasteiger partial charge on any atom is 0.140 e. The van der Waals surface area contributed by atoms with Gasteiger partial charge in [-0.25, -0.2) is 4.98 Å². The van der Waals surface area contributed by atoms with Crippen LogP contribution in [0.25, 0.3) is 0 Å². The van der Waals surface area contributed by atoms with Crippen LogP contribution in [0, 0.1) is 11.3 Å². The van der Waals surface area contributed by atoms with Crippen LogP contribution >= 0.6 is 0 Å². The van der Waals surface area contributed by atoms with E-state index in [1.54, 1.807) is 12.3 Å². The first-order chi connectivity index (χ1) is 8.74. The lowest BCUT2D eigenvalue weighted by Gasteiger charge is -2.45. The predicted molar refractivity (Wildman–Crippen MR) is 67.3 cm³/mol. The van der Waals surface area contributed by atoms with Gasteiger partial charge in [-0.15, -0.1) is 0 Å². The van der Waals surface area contributed by atoms with E-state index in [1.807, 2.05) is 12.1 Å². The van der Waals surface area contributed by atoms with Gasteiger partial charge in [-0.05, 0) is 19.2 Å². The number of hydrogen-bond donors (Lipinski definition) is 0. The van der Waals surface area contributed by atoms with Gasteiger partial charge in [0, 0.05) is 26.2 Å². The highest BCUT2D eigenvalue weighted by Gasteiger charge is 2.33. The molecule has 18 heavy (non-hydrogen) atoms. The molecule has 1 aromatic rings. The summed E-state index contributed by atoms with van der Waals surface area (Å²) in [7, 11) is 2.14. The minimum atomic E-state index is 0.276. The van der Waals surface area contributed by atoms with E-state index < -0.39 is 0 Å². The highest BCUT2D eigenvalue weighted by molar-refractivity contribution is 5.46. The number of fused-ring (bicyclic) bond motifs is 2. The van der Waals surface area contributed by atoms with Gasteiger partial charge >= 0.3 is 0 Å². The number of pyridine rings is 1. The second-order valence-electron chi connectivity index (χ2n) is 5.02. The van der Waals surface area contributed by atoms with Crippen LogP contribution in [0.15, 0.2) is 18.3 Å². The standard InChI is InChI=1S/C13H16N4O/c1-16-6-12-8-17(9-13(7-16)18-12)11-3-2-10(4-14)15-5-11/h2-3,5,12-13H,6-9H2,1H3. The average molecular weight is 244 g/mol. The number of nitrogens with zero attached hydrogens (tertiary/aromatic N) is 4. The van der Waals surface area contributed by atoms with Gasteiger partial charge in [-0.1, -0.05) is 0 Å². The molecule has 0 aromatic carbocycles. The van der Waals surface area contributed by atoms with Crippen molar-refractivity contribution in [2.24, 2.45) is 0 Å². The lowest BCUT2D eigenvalue weighted by Crippen LogP contribution is -2.58. The first kappa shape index (κ1) is 11.5. The van der Waals surface area contributed by atoms with Crippen molar-refractivity contribution in [1.82, 2.24) is 9.88 Å². The molecule has 2 aliphatic heterocycles. The van der Waals surface area contributed by atoms with Crippen molar-refractivity contribution < 1.29 is 4.74 Å². The van der Waals surface area contributed by atoms with E-state index in [9.17, 15) is 0 Å². The van der Waals surface area contributed by atoms with Crippen LogP contribution in [-0.4, -0.2) is 55.3 Å². The summed E-state index contributed by atoms with van der Waals surface area (Å²) in [6.45, 7) is 3.76. The maximum atomic E-state index is 8.75. The normalized spacial score (nSPS) is 27.9. The summed E-state index contributed by atoms with van der Waals surface area (Å²) >= 11 is 0. The Labute approximate surface area is 107 Å². The molecule has 94 valence electrons. The first-order valence-electron chi connectivity index (χ1n) is 6.19. The first-order valence-corrected chi connectivity index (χ1v) is 6.19. The van der Waals surface area contributed by atoms with Gasteiger partial charge in [-0.2, -0.15) is 5.26 Å². The Hall–Kier alpha value is -1.64. The van der Waals surface area contributed by atoms with Crippen LogP contribution in [0.2, 0.25) is 0 Å². The number of morpholine rings is 2. The van der Waals surface area contributed by atoms with E-state index in [0.717, 1.165) is 31.9 Å². The molecule has 2 fully saturated rings. The van der Waals surface area contributed by atoms with E-state index in [-0.39, 0.29) is 12.2 Å². The quantitative estimate of drug-likeness (QED) is 0.719. The van der Waals surface area contributed by atoms with Crippen molar-refractivity contribution in [2.45, 2.75) is 12.2 Å². The second kappa shape index (κ2) is 4.56. The lowest BCUT2D eigenvalue weighted by atomic mass is 10.1. The van der Waals surface area contributed by atoms with Crippen LogP contribution < -0.4 is 4.90 Å². The van der Waals surface area contributed by atoms with E-state index in [1.165, 1.54) is 0 Å². The molecule has 3 rings (SSSR count). The number of anilines is 1. The summed E-state index contributed by atoms with van der Waals surface area (Å²) in [5.74, 6) is 0. The van der Waals surface area contributed by atoms with Crippen molar-refractivity contribution in [3.8, 4) is 6.07 Å². The van der Waals surface area contributed by atoms with Gasteiger partial charge in [0.15, 0.2) is 0 Å². The number of likely N-dealkylation sites (N-methyl/N-ethyl adjacent to an activating group) is 1. The van der Waals surface area contributed by atoms with Gasteiger partial charge in [0.25, 0.3) is 0 Å². The zero-order valence-electron chi connectivity index (χ0n) is 10.4. The molecule has 0 N–H and O–H groups in total. The van der Waals surface area contributed by atoms with Gasteiger partial charge in [-0.3, -0.25) is 0 Å². The summed E-state index contributed by atoms with van der Waals surface area (Å²) in [6.07, 6.45) is 2.33. The smallest absolute Gasteiger partial charge is 0.140 e. The second-order valence-corrected chi connectivity index (χ2v) is 5.02. The molecule has 2 atom stereocenters. The van der Waals surface area contributed by atoms with Gasteiger partial charge in [0.1, 0.15) is 11.8 Å².